The molecule has 0 radical (unpaired) electrons. The van der Waals surface area contributed by atoms with Crippen molar-refractivity contribution >= 4 is 27.3 Å². The van der Waals surface area contributed by atoms with Gasteiger partial charge >= 0.3 is 0 Å². The quantitative estimate of drug-likeness (QED) is 0.838. The van der Waals surface area contributed by atoms with Crippen molar-refractivity contribution in [2.75, 3.05) is 0 Å². The van der Waals surface area contributed by atoms with E-state index in [4.69, 9.17) is 5.73 Å². The number of benzene rings is 1. The SMILES string of the molecule is NC(c1cccs1)c1ccc(F)c(F)c1Br. The molecular weight excluding hydrogens is 296 g/mol. The lowest BCUT2D eigenvalue weighted by molar-refractivity contribution is 0.501. The molecule has 2 rings (SSSR count). The van der Waals surface area contributed by atoms with Crippen LogP contribution < -0.4 is 5.73 Å². The van der Waals surface area contributed by atoms with E-state index in [1.807, 2.05) is 17.5 Å². The molecule has 0 saturated heterocycles. The first-order valence-corrected chi connectivity index (χ1v) is 6.21. The minimum absolute atomic E-state index is 0.0911. The third kappa shape index (κ3) is 2.03. The van der Waals surface area contributed by atoms with Crippen molar-refractivity contribution in [3.8, 4) is 0 Å². The number of halogens is 3. The molecule has 1 aromatic heterocycles. The maximum Gasteiger partial charge on any atom is 0.173 e. The van der Waals surface area contributed by atoms with Gasteiger partial charge in [-0.3, -0.25) is 0 Å². The Hall–Kier alpha value is -0.780. The van der Waals surface area contributed by atoms with Crippen molar-refractivity contribution in [3.05, 3.63) is 56.2 Å². The van der Waals surface area contributed by atoms with E-state index in [0.717, 1.165) is 10.9 Å². The smallest absolute Gasteiger partial charge is 0.173 e. The maximum absolute atomic E-state index is 13.3. The van der Waals surface area contributed by atoms with E-state index in [1.165, 1.54) is 17.4 Å². The van der Waals surface area contributed by atoms with Crippen LogP contribution in [0.25, 0.3) is 0 Å². The van der Waals surface area contributed by atoms with E-state index < -0.39 is 17.7 Å². The Kier molecular flexibility index (Phi) is 3.37. The van der Waals surface area contributed by atoms with Gasteiger partial charge in [-0.05, 0) is 39.0 Å². The molecule has 1 heterocycles. The van der Waals surface area contributed by atoms with Gasteiger partial charge in [0.25, 0.3) is 0 Å². The summed E-state index contributed by atoms with van der Waals surface area (Å²) in [6.07, 6.45) is 0. The summed E-state index contributed by atoms with van der Waals surface area (Å²) in [5.74, 6) is -1.78. The Morgan fingerprint density at radius 2 is 2.00 bits per heavy atom. The van der Waals surface area contributed by atoms with Gasteiger partial charge in [-0.15, -0.1) is 11.3 Å². The molecule has 1 nitrogen and oxygen atoms in total. The maximum atomic E-state index is 13.3. The molecule has 2 N–H and O–H groups in total. The van der Waals surface area contributed by atoms with Crippen molar-refractivity contribution < 1.29 is 8.78 Å². The number of rotatable bonds is 2. The number of hydrogen-bond acceptors (Lipinski definition) is 2. The molecule has 1 unspecified atom stereocenters. The fourth-order valence-corrected chi connectivity index (χ4v) is 2.72. The zero-order chi connectivity index (χ0) is 11.7. The summed E-state index contributed by atoms with van der Waals surface area (Å²) in [6.45, 7) is 0. The van der Waals surface area contributed by atoms with Crippen LogP contribution in [0.15, 0.2) is 34.1 Å². The molecule has 0 fully saturated rings. The highest BCUT2D eigenvalue weighted by atomic mass is 79.9. The molecule has 0 aliphatic carbocycles. The van der Waals surface area contributed by atoms with Crippen LogP contribution in [-0.2, 0) is 0 Å². The van der Waals surface area contributed by atoms with Crippen molar-refractivity contribution in [3.63, 3.8) is 0 Å². The van der Waals surface area contributed by atoms with E-state index in [9.17, 15) is 8.78 Å². The Morgan fingerprint density at radius 3 is 2.62 bits per heavy atom. The molecule has 2 aromatic rings. The lowest BCUT2D eigenvalue weighted by atomic mass is 10.1. The largest absolute Gasteiger partial charge is 0.320 e. The van der Waals surface area contributed by atoms with Gasteiger partial charge in [0.15, 0.2) is 11.6 Å². The summed E-state index contributed by atoms with van der Waals surface area (Å²) >= 11 is 4.51. The van der Waals surface area contributed by atoms with Crippen LogP contribution in [-0.4, -0.2) is 0 Å². The second-order valence-corrected chi connectivity index (χ2v) is 5.03. The third-order valence-corrected chi connectivity index (χ3v) is 4.01. The van der Waals surface area contributed by atoms with E-state index in [1.54, 1.807) is 0 Å². The highest BCUT2D eigenvalue weighted by molar-refractivity contribution is 9.10. The topological polar surface area (TPSA) is 26.0 Å². The Morgan fingerprint density at radius 1 is 1.25 bits per heavy atom. The second kappa shape index (κ2) is 4.61. The van der Waals surface area contributed by atoms with E-state index in [-0.39, 0.29) is 4.47 Å². The van der Waals surface area contributed by atoms with Crippen LogP contribution in [0, 0.1) is 11.6 Å². The van der Waals surface area contributed by atoms with Crippen molar-refractivity contribution in [1.82, 2.24) is 0 Å². The van der Waals surface area contributed by atoms with E-state index in [2.05, 4.69) is 15.9 Å². The van der Waals surface area contributed by atoms with Crippen molar-refractivity contribution in [2.45, 2.75) is 6.04 Å². The minimum atomic E-state index is -0.899. The van der Waals surface area contributed by atoms with Crippen LogP contribution in [0.5, 0.6) is 0 Å². The summed E-state index contributed by atoms with van der Waals surface area (Å²) in [4.78, 5) is 0.909. The standard InChI is InChI=1S/C11H8BrF2NS/c12-9-6(3-4-7(13)10(9)14)11(15)8-2-1-5-16-8/h1-5,11H,15H2. The lowest BCUT2D eigenvalue weighted by Gasteiger charge is -2.12. The summed E-state index contributed by atoms with van der Waals surface area (Å²) in [7, 11) is 0. The van der Waals surface area contributed by atoms with Crippen LogP contribution in [0.4, 0.5) is 8.78 Å². The van der Waals surface area contributed by atoms with Gasteiger partial charge in [-0.1, -0.05) is 12.1 Å². The molecule has 0 bridgehead atoms. The lowest BCUT2D eigenvalue weighted by Crippen LogP contribution is -2.12. The normalized spacial score (nSPS) is 12.8. The summed E-state index contributed by atoms with van der Waals surface area (Å²) < 4.78 is 26.3. The average molecular weight is 304 g/mol. The first kappa shape index (κ1) is 11.7. The first-order valence-electron chi connectivity index (χ1n) is 4.53. The Labute approximate surface area is 104 Å². The number of hydrogen-bond donors (Lipinski definition) is 1. The highest BCUT2D eigenvalue weighted by Crippen LogP contribution is 2.31. The van der Waals surface area contributed by atoms with Gasteiger partial charge < -0.3 is 5.73 Å². The summed E-state index contributed by atoms with van der Waals surface area (Å²) in [5, 5.41) is 1.89. The average Bonchev–Trinajstić information content (AvgIpc) is 2.79. The molecule has 5 heteroatoms. The molecule has 0 saturated carbocycles. The molecule has 0 aliphatic heterocycles. The molecule has 84 valence electrons. The highest BCUT2D eigenvalue weighted by Gasteiger charge is 2.17. The van der Waals surface area contributed by atoms with Gasteiger partial charge in [-0.2, -0.15) is 0 Å². The zero-order valence-corrected chi connectivity index (χ0v) is 10.5. The fraction of sp³-hybridized carbons (Fsp3) is 0.0909. The zero-order valence-electron chi connectivity index (χ0n) is 8.08. The van der Waals surface area contributed by atoms with Crippen LogP contribution in [0.1, 0.15) is 16.5 Å². The summed E-state index contributed by atoms with van der Waals surface area (Å²) in [5.41, 5.74) is 6.51. The van der Waals surface area contributed by atoms with Crippen LogP contribution in [0.3, 0.4) is 0 Å². The second-order valence-electron chi connectivity index (χ2n) is 3.26. The summed E-state index contributed by atoms with van der Waals surface area (Å²) in [6, 6.07) is 5.87. The minimum Gasteiger partial charge on any atom is -0.320 e. The molecule has 16 heavy (non-hydrogen) atoms. The number of nitrogens with two attached hydrogens (primary N) is 1. The van der Waals surface area contributed by atoms with Gasteiger partial charge in [-0.25, -0.2) is 8.78 Å². The predicted molar refractivity (Wildman–Crippen MR) is 64.4 cm³/mol. The van der Waals surface area contributed by atoms with E-state index >= 15 is 0 Å². The molecule has 0 amide bonds. The predicted octanol–water partition coefficient (Wildman–Crippen LogP) is 3.84. The van der Waals surface area contributed by atoms with Gasteiger partial charge in [0, 0.05) is 4.88 Å². The molecule has 0 spiro atoms. The number of thiophene rings is 1. The van der Waals surface area contributed by atoms with E-state index in [0.29, 0.717) is 5.56 Å². The Bertz CT molecular complexity index is 499. The van der Waals surface area contributed by atoms with Crippen LogP contribution in [0.2, 0.25) is 0 Å². The molecule has 0 aliphatic rings. The van der Waals surface area contributed by atoms with Gasteiger partial charge in [0.05, 0.1) is 10.5 Å². The van der Waals surface area contributed by atoms with Crippen molar-refractivity contribution in [1.29, 1.82) is 0 Å². The Balaban J connectivity index is 2.45. The fourth-order valence-electron chi connectivity index (χ4n) is 1.40. The van der Waals surface area contributed by atoms with Crippen LogP contribution >= 0.6 is 27.3 Å². The van der Waals surface area contributed by atoms with Gasteiger partial charge in [0.2, 0.25) is 0 Å². The first-order chi connectivity index (χ1) is 7.61. The van der Waals surface area contributed by atoms with Crippen molar-refractivity contribution in [2.24, 2.45) is 5.73 Å². The monoisotopic (exact) mass is 303 g/mol. The third-order valence-electron chi connectivity index (χ3n) is 2.25. The molecule has 1 atom stereocenters. The molecular formula is C11H8BrF2NS. The molecule has 1 aromatic carbocycles. The van der Waals surface area contributed by atoms with Gasteiger partial charge in [0.1, 0.15) is 0 Å².